The predicted octanol–water partition coefficient (Wildman–Crippen LogP) is 3.40. The smallest absolute Gasteiger partial charge is 0.307 e. The highest BCUT2D eigenvalue weighted by molar-refractivity contribution is 6.45. The number of alkyl halides is 2. The van der Waals surface area contributed by atoms with E-state index in [4.69, 9.17) is 23.2 Å². The van der Waals surface area contributed by atoms with E-state index in [1.807, 2.05) is 60.7 Å². The summed E-state index contributed by atoms with van der Waals surface area (Å²) in [6.07, 6.45) is 0. The fraction of sp³-hybridized carbons (Fsp3) is 0.125. The highest BCUT2D eigenvalue weighted by Gasteiger charge is 2.43. The molecule has 3 rings (SSSR count). The maximum atomic E-state index is 12.1. The number of amides is 2. The third kappa shape index (κ3) is 2.67. The van der Waals surface area contributed by atoms with E-state index in [0.29, 0.717) is 11.4 Å². The molecular weight excluding hydrogens is 321 g/mol. The van der Waals surface area contributed by atoms with E-state index in [1.165, 1.54) is 0 Å². The Kier molecular flexibility index (Phi) is 4.05. The molecule has 0 spiro atoms. The van der Waals surface area contributed by atoms with E-state index < -0.39 is 16.5 Å². The first kappa shape index (κ1) is 14.9. The Bertz CT molecular complexity index is 704. The first-order valence-electron chi connectivity index (χ1n) is 6.70. The highest BCUT2D eigenvalue weighted by atomic mass is 35.5. The number of halogens is 2. The Balaban J connectivity index is 2.15. The molecule has 2 aromatic carbocycles. The number of hydrogen-bond donors (Lipinski definition) is 2. The molecule has 4 nitrogen and oxygen atoms in total. The van der Waals surface area contributed by atoms with Crippen molar-refractivity contribution in [2.24, 2.45) is 4.99 Å². The SMILES string of the molecule is O=C1NC(c2ccccc2)=N[C@@](c2ccccc2)(C(Cl)Cl)N1. The zero-order chi connectivity index (χ0) is 15.6. The van der Waals surface area contributed by atoms with Gasteiger partial charge in [0.15, 0.2) is 10.5 Å². The third-order valence-electron chi connectivity index (χ3n) is 3.40. The third-order valence-corrected chi connectivity index (χ3v) is 4.03. The number of benzene rings is 2. The molecule has 22 heavy (non-hydrogen) atoms. The van der Waals surface area contributed by atoms with Gasteiger partial charge in [-0.3, -0.25) is 5.32 Å². The van der Waals surface area contributed by atoms with Gasteiger partial charge in [-0.15, -0.1) is 23.2 Å². The van der Waals surface area contributed by atoms with Gasteiger partial charge in [0, 0.05) is 11.1 Å². The quantitative estimate of drug-likeness (QED) is 0.831. The van der Waals surface area contributed by atoms with E-state index in [9.17, 15) is 4.79 Å². The maximum Gasteiger partial charge on any atom is 0.322 e. The van der Waals surface area contributed by atoms with Gasteiger partial charge in [0.2, 0.25) is 0 Å². The van der Waals surface area contributed by atoms with Crippen LogP contribution < -0.4 is 10.6 Å². The van der Waals surface area contributed by atoms with Crippen LogP contribution in [0.2, 0.25) is 0 Å². The molecule has 0 aromatic heterocycles. The van der Waals surface area contributed by atoms with Crippen molar-refractivity contribution < 1.29 is 4.79 Å². The summed E-state index contributed by atoms with van der Waals surface area (Å²) in [6, 6.07) is 18.2. The van der Waals surface area contributed by atoms with E-state index in [-0.39, 0.29) is 0 Å². The number of hydrogen-bond acceptors (Lipinski definition) is 2. The average Bonchev–Trinajstić information content (AvgIpc) is 2.55. The molecule has 0 unspecified atom stereocenters. The van der Waals surface area contributed by atoms with Gasteiger partial charge in [-0.1, -0.05) is 60.7 Å². The first-order valence-corrected chi connectivity index (χ1v) is 7.57. The number of nitrogens with one attached hydrogen (secondary N) is 2. The number of carbonyl (C=O) groups excluding carboxylic acids is 1. The summed E-state index contributed by atoms with van der Waals surface area (Å²) in [5.74, 6) is 0.430. The van der Waals surface area contributed by atoms with Gasteiger partial charge < -0.3 is 5.32 Å². The molecule has 1 atom stereocenters. The number of nitrogens with zero attached hydrogens (tertiary/aromatic N) is 1. The maximum absolute atomic E-state index is 12.1. The van der Waals surface area contributed by atoms with Crippen molar-refractivity contribution in [1.29, 1.82) is 0 Å². The Morgan fingerprint density at radius 3 is 2.14 bits per heavy atom. The molecule has 1 aliphatic heterocycles. The fourth-order valence-electron chi connectivity index (χ4n) is 2.34. The van der Waals surface area contributed by atoms with Crippen LogP contribution in [0.4, 0.5) is 4.79 Å². The molecule has 6 heteroatoms. The summed E-state index contributed by atoms with van der Waals surface area (Å²) < 4.78 is 0. The molecule has 0 fully saturated rings. The lowest BCUT2D eigenvalue weighted by atomic mass is 10.0. The van der Waals surface area contributed by atoms with Crippen LogP contribution in [0.3, 0.4) is 0 Å². The van der Waals surface area contributed by atoms with Gasteiger partial charge in [-0.2, -0.15) is 0 Å². The second kappa shape index (κ2) is 5.99. The molecule has 1 aliphatic rings. The second-order valence-corrected chi connectivity index (χ2v) is 5.93. The Morgan fingerprint density at radius 1 is 0.955 bits per heavy atom. The molecular formula is C16H13Cl2N3O. The number of carbonyl (C=O) groups is 1. The van der Waals surface area contributed by atoms with Crippen LogP contribution in [-0.4, -0.2) is 16.7 Å². The topological polar surface area (TPSA) is 53.5 Å². The van der Waals surface area contributed by atoms with E-state index in [2.05, 4.69) is 15.6 Å². The minimum atomic E-state index is -1.22. The van der Waals surface area contributed by atoms with Gasteiger partial charge in [-0.25, -0.2) is 9.79 Å². The summed E-state index contributed by atoms with van der Waals surface area (Å²) in [6.45, 7) is 0. The number of urea groups is 1. The van der Waals surface area contributed by atoms with Gasteiger partial charge in [0.05, 0.1) is 0 Å². The summed E-state index contributed by atoms with van der Waals surface area (Å²) >= 11 is 12.4. The number of rotatable bonds is 3. The number of amidine groups is 1. The Morgan fingerprint density at radius 2 is 1.55 bits per heavy atom. The van der Waals surface area contributed by atoms with Gasteiger partial charge in [-0.05, 0) is 0 Å². The van der Waals surface area contributed by atoms with Crippen molar-refractivity contribution >= 4 is 35.1 Å². The summed E-state index contributed by atoms with van der Waals surface area (Å²) in [5, 5.41) is 5.44. The lowest BCUT2D eigenvalue weighted by molar-refractivity contribution is 0.228. The van der Waals surface area contributed by atoms with Gasteiger partial charge in [0.25, 0.3) is 0 Å². The highest BCUT2D eigenvalue weighted by Crippen LogP contribution is 2.34. The van der Waals surface area contributed by atoms with Crippen LogP contribution in [0.5, 0.6) is 0 Å². The molecule has 0 bridgehead atoms. The molecule has 0 radical (unpaired) electrons. The standard InChI is InChI=1S/C16H13Cl2N3O/c17-14(18)16(12-9-5-2-6-10-12)20-13(19-15(22)21-16)11-7-3-1-4-8-11/h1-10,14H,(H2,19,20,21,22)/t16-/m1/s1. The minimum Gasteiger partial charge on any atom is -0.307 e. The molecule has 2 amide bonds. The van der Waals surface area contributed by atoms with Crippen molar-refractivity contribution in [3.05, 3.63) is 71.8 Å². The van der Waals surface area contributed by atoms with Gasteiger partial charge >= 0.3 is 6.03 Å². The van der Waals surface area contributed by atoms with Crippen molar-refractivity contribution in [2.45, 2.75) is 10.5 Å². The minimum absolute atomic E-state index is 0.399. The van der Waals surface area contributed by atoms with Crippen molar-refractivity contribution in [3.63, 3.8) is 0 Å². The first-order chi connectivity index (χ1) is 10.6. The van der Waals surface area contributed by atoms with Crippen LogP contribution in [0.15, 0.2) is 65.7 Å². The lowest BCUT2D eigenvalue weighted by Gasteiger charge is -2.36. The van der Waals surface area contributed by atoms with E-state index >= 15 is 0 Å². The normalized spacial score (nSPS) is 21.0. The monoisotopic (exact) mass is 333 g/mol. The molecule has 2 aromatic rings. The Labute approximate surface area is 138 Å². The Hall–Kier alpha value is -2.04. The van der Waals surface area contributed by atoms with Crippen molar-refractivity contribution in [2.75, 3.05) is 0 Å². The fourth-order valence-corrected chi connectivity index (χ4v) is 2.79. The van der Waals surface area contributed by atoms with Crippen LogP contribution in [-0.2, 0) is 5.66 Å². The summed E-state index contributed by atoms with van der Waals surface area (Å²) in [4.78, 5) is 15.8. The van der Waals surface area contributed by atoms with Crippen LogP contribution in [0.25, 0.3) is 0 Å². The summed E-state index contributed by atoms with van der Waals surface area (Å²) in [5.41, 5.74) is 0.276. The lowest BCUT2D eigenvalue weighted by Crippen LogP contribution is -2.58. The molecule has 2 N–H and O–H groups in total. The zero-order valence-electron chi connectivity index (χ0n) is 11.5. The molecule has 112 valence electrons. The molecule has 0 saturated heterocycles. The van der Waals surface area contributed by atoms with Crippen molar-refractivity contribution in [3.8, 4) is 0 Å². The summed E-state index contributed by atoms with van der Waals surface area (Å²) in [7, 11) is 0. The van der Waals surface area contributed by atoms with E-state index in [1.54, 1.807) is 0 Å². The van der Waals surface area contributed by atoms with Crippen LogP contribution in [0, 0.1) is 0 Å². The van der Waals surface area contributed by atoms with Crippen LogP contribution in [0.1, 0.15) is 11.1 Å². The van der Waals surface area contributed by atoms with Gasteiger partial charge in [0.1, 0.15) is 5.84 Å². The predicted molar refractivity (Wildman–Crippen MR) is 88.3 cm³/mol. The second-order valence-electron chi connectivity index (χ2n) is 4.84. The average molecular weight is 334 g/mol. The molecule has 1 heterocycles. The van der Waals surface area contributed by atoms with Crippen LogP contribution >= 0.6 is 23.2 Å². The zero-order valence-corrected chi connectivity index (χ0v) is 13.0. The largest absolute Gasteiger partial charge is 0.322 e. The molecule has 0 aliphatic carbocycles. The molecule has 0 saturated carbocycles. The van der Waals surface area contributed by atoms with Crippen molar-refractivity contribution in [1.82, 2.24) is 10.6 Å². The van der Waals surface area contributed by atoms with E-state index in [0.717, 1.165) is 5.56 Å². The number of aliphatic imine (C=N–C) groups is 1.